The minimum Gasteiger partial charge on any atom is -0.340 e. The molecule has 2 N–H and O–H groups in total. The van der Waals surface area contributed by atoms with Gasteiger partial charge in [-0.2, -0.15) is 5.10 Å². The molecule has 0 saturated heterocycles. The van der Waals surface area contributed by atoms with Gasteiger partial charge in [0.1, 0.15) is 11.9 Å². The predicted octanol–water partition coefficient (Wildman–Crippen LogP) is 5.04. The second-order valence-electron chi connectivity index (χ2n) is 8.14. The summed E-state index contributed by atoms with van der Waals surface area (Å²) in [6.07, 6.45) is 1.62. The van der Waals surface area contributed by atoms with Gasteiger partial charge in [-0.15, -0.1) is 0 Å². The fraction of sp³-hybridized carbons (Fsp3) is 0.148. The SMILES string of the molecule is CC(C)C(NC(=O)c1ccccc1F)C(=O)NN=Cc1c2ccccc2cc2ccccc12. The lowest BCUT2D eigenvalue weighted by atomic mass is 9.97. The highest BCUT2D eigenvalue weighted by molar-refractivity contribution is 6.13. The Kier molecular flexibility index (Phi) is 6.45. The molecule has 0 spiro atoms. The van der Waals surface area contributed by atoms with E-state index in [9.17, 15) is 14.0 Å². The number of rotatable bonds is 6. The van der Waals surface area contributed by atoms with Crippen LogP contribution in [0.25, 0.3) is 21.5 Å². The Morgan fingerprint density at radius 2 is 1.45 bits per heavy atom. The van der Waals surface area contributed by atoms with Crippen molar-refractivity contribution in [3.05, 3.63) is 95.8 Å². The Morgan fingerprint density at radius 1 is 0.879 bits per heavy atom. The van der Waals surface area contributed by atoms with Crippen molar-refractivity contribution >= 4 is 39.6 Å². The lowest BCUT2D eigenvalue weighted by molar-refractivity contribution is -0.123. The van der Waals surface area contributed by atoms with Crippen molar-refractivity contribution < 1.29 is 14.0 Å². The second-order valence-corrected chi connectivity index (χ2v) is 8.14. The molecule has 5 nitrogen and oxygen atoms in total. The molecule has 0 bridgehead atoms. The van der Waals surface area contributed by atoms with Gasteiger partial charge in [-0.3, -0.25) is 9.59 Å². The zero-order chi connectivity index (χ0) is 23.4. The van der Waals surface area contributed by atoms with Crippen molar-refractivity contribution in [1.82, 2.24) is 10.7 Å². The highest BCUT2D eigenvalue weighted by atomic mass is 19.1. The molecule has 4 aromatic rings. The van der Waals surface area contributed by atoms with Crippen molar-refractivity contribution in [1.29, 1.82) is 0 Å². The Bertz CT molecular complexity index is 1310. The number of nitrogens with one attached hydrogen (secondary N) is 2. The van der Waals surface area contributed by atoms with Crippen LogP contribution in [-0.4, -0.2) is 24.1 Å². The van der Waals surface area contributed by atoms with Gasteiger partial charge in [-0.1, -0.05) is 74.5 Å². The number of benzene rings is 4. The van der Waals surface area contributed by atoms with Crippen molar-refractivity contribution in [3.63, 3.8) is 0 Å². The average molecular weight is 442 g/mol. The third-order valence-corrected chi connectivity index (χ3v) is 5.54. The first-order valence-corrected chi connectivity index (χ1v) is 10.7. The molecule has 0 fully saturated rings. The van der Waals surface area contributed by atoms with E-state index in [1.807, 2.05) is 48.5 Å². The van der Waals surface area contributed by atoms with E-state index in [0.29, 0.717) is 0 Å². The summed E-state index contributed by atoms with van der Waals surface area (Å²) in [5.41, 5.74) is 3.32. The first-order chi connectivity index (χ1) is 16.0. The van der Waals surface area contributed by atoms with Crippen LogP contribution in [0.15, 0.2) is 84.0 Å². The molecular formula is C27H24FN3O2. The summed E-state index contributed by atoms with van der Waals surface area (Å²) in [6, 6.07) is 22.9. The smallest absolute Gasteiger partial charge is 0.262 e. The Hall–Kier alpha value is -4.06. The third kappa shape index (κ3) is 4.75. The average Bonchev–Trinajstić information content (AvgIpc) is 2.81. The first kappa shape index (κ1) is 22.1. The van der Waals surface area contributed by atoms with Crippen molar-refractivity contribution in [3.8, 4) is 0 Å². The largest absolute Gasteiger partial charge is 0.340 e. The van der Waals surface area contributed by atoms with Gasteiger partial charge in [-0.25, -0.2) is 9.82 Å². The standard InChI is InChI=1S/C27H24FN3O2/c1-17(2)25(30-26(32)22-13-7-8-14-24(22)28)27(33)31-29-16-23-20-11-5-3-9-18(20)15-19-10-4-6-12-21(19)23/h3-17,25H,1-2H3,(H,30,32)(H,31,33). The number of amides is 2. The van der Waals surface area contributed by atoms with Crippen LogP contribution in [0, 0.1) is 11.7 Å². The molecule has 33 heavy (non-hydrogen) atoms. The quantitative estimate of drug-likeness (QED) is 0.250. The van der Waals surface area contributed by atoms with Gasteiger partial charge in [0.25, 0.3) is 11.8 Å². The van der Waals surface area contributed by atoms with E-state index in [1.165, 1.54) is 18.2 Å². The van der Waals surface area contributed by atoms with E-state index in [-0.39, 0.29) is 11.5 Å². The van der Waals surface area contributed by atoms with Crippen LogP contribution >= 0.6 is 0 Å². The maximum absolute atomic E-state index is 14.0. The van der Waals surface area contributed by atoms with E-state index in [4.69, 9.17) is 0 Å². The summed E-state index contributed by atoms with van der Waals surface area (Å²) in [5, 5.41) is 11.0. The molecule has 0 aliphatic heterocycles. The highest BCUT2D eigenvalue weighted by Gasteiger charge is 2.25. The number of hydrazone groups is 1. The van der Waals surface area contributed by atoms with Gasteiger partial charge in [0.15, 0.2) is 0 Å². The summed E-state index contributed by atoms with van der Waals surface area (Å²) in [6.45, 7) is 3.60. The number of carbonyl (C=O) groups excluding carboxylic acids is 2. The number of fused-ring (bicyclic) bond motifs is 2. The molecule has 1 atom stereocenters. The maximum atomic E-state index is 14.0. The molecule has 0 heterocycles. The van der Waals surface area contributed by atoms with Crippen molar-refractivity contribution in [2.24, 2.45) is 11.0 Å². The molecule has 4 rings (SSSR count). The minimum atomic E-state index is -0.876. The molecule has 0 aromatic heterocycles. The number of carbonyl (C=O) groups is 2. The zero-order valence-corrected chi connectivity index (χ0v) is 18.4. The Labute approximate surface area is 191 Å². The minimum absolute atomic E-state index is 0.110. The van der Waals surface area contributed by atoms with Crippen LogP contribution in [0.2, 0.25) is 0 Å². The molecule has 2 amide bonds. The number of halogens is 1. The summed E-state index contributed by atoms with van der Waals surface area (Å²) >= 11 is 0. The Morgan fingerprint density at radius 3 is 2.06 bits per heavy atom. The summed E-state index contributed by atoms with van der Waals surface area (Å²) in [4.78, 5) is 25.3. The monoisotopic (exact) mass is 441 g/mol. The Balaban J connectivity index is 1.57. The van der Waals surface area contributed by atoms with E-state index in [2.05, 4.69) is 21.9 Å². The predicted molar refractivity (Wildman–Crippen MR) is 130 cm³/mol. The third-order valence-electron chi connectivity index (χ3n) is 5.54. The molecule has 166 valence electrons. The van der Waals surface area contributed by atoms with Gasteiger partial charge >= 0.3 is 0 Å². The van der Waals surface area contributed by atoms with Gasteiger partial charge in [0.2, 0.25) is 0 Å². The molecule has 0 saturated carbocycles. The summed E-state index contributed by atoms with van der Waals surface area (Å²) in [5.74, 6) is -1.99. The van der Waals surface area contributed by atoms with Crippen molar-refractivity contribution in [2.45, 2.75) is 19.9 Å². The molecule has 0 aliphatic carbocycles. The normalized spacial score (nSPS) is 12.4. The maximum Gasteiger partial charge on any atom is 0.262 e. The molecule has 1 unspecified atom stereocenters. The second kappa shape index (κ2) is 9.61. The van der Waals surface area contributed by atoms with E-state index < -0.39 is 23.7 Å². The summed E-state index contributed by atoms with van der Waals surface area (Å²) < 4.78 is 14.0. The first-order valence-electron chi connectivity index (χ1n) is 10.7. The fourth-order valence-electron chi connectivity index (χ4n) is 3.82. The number of hydrogen-bond donors (Lipinski definition) is 2. The molecule has 6 heteroatoms. The molecular weight excluding hydrogens is 417 g/mol. The van der Waals surface area contributed by atoms with Gasteiger partial charge in [0.05, 0.1) is 11.8 Å². The molecule has 0 aliphatic rings. The summed E-state index contributed by atoms with van der Waals surface area (Å²) in [7, 11) is 0. The van der Waals surface area contributed by atoms with Crippen LogP contribution in [0.1, 0.15) is 29.8 Å². The van der Waals surface area contributed by atoms with Gasteiger partial charge in [0, 0.05) is 5.56 Å². The molecule has 4 aromatic carbocycles. The van der Waals surface area contributed by atoms with Crippen LogP contribution < -0.4 is 10.7 Å². The zero-order valence-electron chi connectivity index (χ0n) is 18.4. The lowest BCUT2D eigenvalue weighted by Crippen LogP contribution is -2.48. The van der Waals surface area contributed by atoms with Crippen molar-refractivity contribution in [2.75, 3.05) is 0 Å². The highest BCUT2D eigenvalue weighted by Crippen LogP contribution is 2.27. The van der Waals surface area contributed by atoms with Gasteiger partial charge < -0.3 is 5.32 Å². The van der Waals surface area contributed by atoms with Crippen LogP contribution in [0.4, 0.5) is 4.39 Å². The van der Waals surface area contributed by atoms with Gasteiger partial charge in [-0.05, 0) is 45.7 Å². The number of nitrogens with zero attached hydrogens (tertiary/aromatic N) is 1. The van der Waals surface area contributed by atoms with E-state index in [0.717, 1.165) is 27.1 Å². The van der Waals surface area contributed by atoms with Crippen LogP contribution in [-0.2, 0) is 4.79 Å². The van der Waals surface area contributed by atoms with E-state index >= 15 is 0 Å². The fourth-order valence-corrected chi connectivity index (χ4v) is 3.82. The molecule has 0 radical (unpaired) electrons. The topological polar surface area (TPSA) is 70.6 Å². The van der Waals surface area contributed by atoms with Crippen LogP contribution in [0.3, 0.4) is 0 Å². The van der Waals surface area contributed by atoms with E-state index in [1.54, 1.807) is 26.1 Å². The lowest BCUT2D eigenvalue weighted by Gasteiger charge is -2.20. The number of hydrogen-bond acceptors (Lipinski definition) is 3. The van der Waals surface area contributed by atoms with Crippen LogP contribution in [0.5, 0.6) is 0 Å².